The number of hydrogen-bond acceptors (Lipinski definition) is 2. The maximum atomic E-state index is 10.8. The molecule has 0 fully saturated rings. The lowest BCUT2D eigenvalue weighted by atomic mass is 10.1. The van der Waals surface area contributed by atoms with E-state index in [1.54, 1.807) is 26.0 Å². The third-order valence-electron chi connectivity index (χ3n) is 3.04. The van der Waals surface area contributed by atoms with Crippen molar-refractivity contribution >= 4 is 10.1 Å². The molecular weight excluding hydrogens is 260 g/mol. The monoisotopic (exact) mass is 286 g/mol. The molecule has 0 amide bonds. The van der Waals surface area contributed by atoms with Gasteiger partial charge in [-0.1, -0.05) is 58.1 Å². The highest BCUT2D eigenvalue weighted by atomic mass is 32.2. The highest BCUT2D eigenvalue weighted by molar-refractivity contribution is 7.85. The first-order valence-electron chi connectivity index (χ1n) is 6.88. The van der Waals surface area contributed by atoms with Crippen molar-refractivity contribution in [3.63, 3.8) is 0 Å². The van der Waals surface area contributed by atoms with Crippen LogP contribution in [-0.4, -0.2) is 13.0 Å². The first-order valence-corrected chi connectivity index (χ1v) is 8.32. The summed E-state index contributed by atoms with van der Waals surface area (Å²) in [6, 6.07) is 4.78. The Hall–Kier alpha value is -0.870. The van der Waals surface area contributed by atoms with Crippen molar-refractivity contribution in [2.45, 2.75) is 64.7 Å². The molecule has 19 heavy (non-hydrogen) atoms. The van der Waals surface area contributed by atoms with Crippen LogP contribution in [0.5, 0.6) is 0 Å². The Kier molecular flexibility index (Phi) is 8.68. The van der Waals surface area contributed by atoms with Crippen molar-refractivity contribution in [3.05, 3.63) is 29.3 Å². The Morgan fingerprint density at radius 1 is 1.00 bits per heavy atom. The molecule has 0 aliphatic rings. The zero-order valence-corrected chi connectivity index (χ0v) is 13.3. The number of benzene rings is 1. The van der Waals surface area contributed by atoms with Gasteiger partial charge in [0, 0.05) is 0 Å². The normalized spacial score (nSPS) is 10.8. The van der Waals surface area contributed by atoms with E-state index in [0.29, 0.717) is 5.56 Å². The summed E-state index contributed by atoms with van der Waals surface area (Å²) in [7, 11) is -4.06. The van der Waals surface area contributed by atoms with E-state index in [9.17, 15) is 8.42 Å². The number of hydrogen-bond donors (Lipinski definition) is 1. The maximum Gasteiger partial charge on any atom is 0.294 e. The van der Waals surface area contributed by atoms with Crippen LogP contribution >= 0.6 is 0 Å². The van der Waals surface area contributed by atoms with E-state index in [1.165, 1.54) is 38.2 Å². The molecule has 4 heteroatoms. The van der Waals surface area contributed by atoms with Crippen LogP contribution < -0.4 is 0 Å². The Labute approximate surface area is 117 Å². The molecule has 0 radical (unpaired) electrons. The van der Waals surface area contributed by atoms with E-state index in [2.05, 4.69) is 13.8 Å². The minimum absolute atomic E-state index is 0.0116. The molecule has 0 aliphatic carbocycles. The largest absolute Gasteiger partial charge is 0.294 e. The third kappa shape index (κ3) is 7.33. The molecule has 110 valence electrons. The van der Waals surface area contributed by atoms with Crippen molar-refractivity contribution in [3.8, 4) is 0 Å². The average Bonchev–Trinajstić information content (AvgIpc) is 2.33. The van der Waals surface area contributed by atoms with Crippen LogP contribution in [0.3, 0.4) is 0 Å². The van der Waals surface area contributed by atoms with Crippen LogP contribution in [0.2, 0.25) is 0 Å². The molecular formula is C15H26O3S. The summed E-state index contributed by atoms with van der Waals surface area (Å²) in [4.78, 5) is -0.0116. The SMILES string of the molecule is CCCCCCC.Cc1cccc(S(=O)(=O)O)c1C. The van der Waals surface area contributed by atoms with E-state index in [1.807, 2.05) is 0 Å². The minimum atomic E-state index is -4.06. The fraction of sp³-hybridized carbons (Fsp3) is 0.600. The molecule has 0 spiro atoms. The first-order chi connectivity index (χ1) is 8.84. The zero-order valence-electron chi connectivity index (χ0n) is 12.4. The second kappa shape index (κ2) is 9.10. The molecule has 0 aliphatic heterocycles. The smallest absolute Gasteiger partial charge is 0.282 e. The summed E-state index contributed by atoms with van der Waals surface area (Å²) in [6.45, 7) is 7.95. The Bertz CT molecular complexity index is 460. The molecule has 1 aromatic rings. The van der Waals surface area contributed by atoms with Gasteiger partial charge in [0.25, 0.3) is 10.1 Å². The molecule has 1 N–H and O–H groups in total. The molecule has 1 aromatic carbocycles. The average molecular weight is 286 g/mol. The number of rotatable bonds is 5. The second-order valence-corrected chi connectivity index (χ2v) is 6.12. The van der Waals surface area contributed by atoms with E-state index in [4.69, 9.17) is 4.55 Å². The highest BCUT2D eigenvalue weighted by Gasteiger charge is 2.12. The maximum absolute atomic E-state index is 10.8. The molecule has 0 aromatic heterocycles. The van der Waals surface area contributed by atoms with Gasteiger partial charge in [-0.2, -0.15) is 8.42 Å². The zero-order chi connectivity index (χ0) is 14.9. The lowest BCUT2D eigenvalue weighted by Crippen LogP contribution is -2.01. The van der Waals surface area contributed by atoms with Crippen molar-refractivity contribution in [2.75, 3.05) is 0 Å². The van der Waals surface area contributed by atoms with Crippen LogP contribution in [0.15, 0.2) is 23.1 Å². The highest BCUT2D eigenvalue weighted by Crippen LogP contribution is 2.17. The van der Waals surface area contributed by atoms with Gasteiger partial charge in [-0.15, -0.1) is 0 Å². The van der Waals surface area contributed by atoms with Crippen molar-refractivity contribution < 1.29 is 13.0 Å². The van der Waals surface area contributed by atoms with Crippen LogP contribution in [0, 0.1) is 13.8 Å². The molecule has 0 saturated heterocycles. The van der Waals surface area contributed by atoms with E-state index >= 15 is 0 Å². The Morgan fingerprint density at radius 2 is 1.53 bits per heavy atom. The Balaban J connectivity index is 0.000000399. The number of aryl methyl sites for hydroxylation is 1. The summed E-state index contributed by atoms with van der Waals surface area (Å²) in [5, 5.41) is 0. The third-order valence-corrected chi connectivity index (χ3v) is 4.04. The van der Waals surface area contributed by atoms with Crippen LogP contribution in [0.1, 0.15) is 57.1 Å². The quantitative estimate of drug-likeness (QED) is 0.639. The van der Waals surface area contributed by atoms with Crippen LogP contribution in [0.25, 0.3) is 0 Å². The summed E-state index contributed by atoms with van der Waals surface area (Å²) in [5.41, 5.74) is 1.45. The second-order valence-electron chi connectivity index (χ2n) is 4.73. The summed E-state index contributed by atoms with van der Waals surface area (Å²) < 4.78 is 30.3. The van der Waals surface area contributed by atoms with Crippen molar-refractivity contribution in [2.24, 2.45) is 0 Å². The fourth-order valence-corrected chi connectivity index (χ4v) is 2.48. The van der Waals surface area contributed by atoms with Gasteiger partial charge in [0.05, 0.1) is 4.90 Å². The lowest BCUT2D eigenvalue weighted by molar-refractivity contribution is 0.482. The van der Waals surface area contributed by atoms with Gasteiger partial charge in [-0.05, 0) is 31.0 Å². The van der Waals surface area contributed by atoms with Gasteiger partial charge in [0.2, 0.25) is 0 Å². The van der Waals surface area contributed by atoms with E-state index in [0.717, 1.165) is 5.56 Å². The number of unbranched alkanes of at least 4 members (excludes halogenated alkanes) is 4. The molecule has 0 saturated carbocycles. The summed E-state index contributed by atoms with van der Waals surface area (Å²) >= 11 is 0. The molecule has 0 atom stereocenters. The predicted octanol–water partition coefficient (Wildman–Crippen LogP) is 4.53. The molecule has 0 bridgehead atoms. The van der Waals surface area contributed by atoms with Gasteiger partial charge >= 0.3 is 0 Å². The minimum Gasteiger partial charge on any atom is -0.282 e. The predicted molar refractivity (Wildman–Crippen MR) is 80.2 cm³/mol. The van der Waals surface area contributed by atoms with Gasteiger partial charge in [-0.25, -0.2) is 0 Å². The Morgan fingerprint density at radius 3 is 1.89 bits per heavy atom. The lowest BCUT2D eigenvalue weighted by Gasteiger charge is -2.03. The van der Waals surface area contributed by atoms with E-state index in [-0.39, 0.29) is 4.90 Å². The van der Waals surface area contributed by atoms with Gasteiger partial charge < -0.3 is 0 Å². The molecule has 3 nitrogen and oxygen atoms in total. The standard InChI is InChI=1S/C8H10O3S.C7H16/c1-6-4-3-5-8(7(6)2)12(9,10)11;1-3-5-7-6-4-2/h3-5H,1-2H3,(H,9,10,11);3-7H2,1-2H3. The molecule has 1 rings (SSSR count). The first kappa shape index (κ1) is 18.1. The topological polar surface area (TPSA) is 54.4 Å². The van der Waals surface area contributed by atoms with Gasteiger partial charge in [0.1, 0.15) is 0 Å². The van der Waals surface area contributed by atoms with Gasteiger partial charge in [0.15, 0.2) is 0 Å². The van der Waals surface area contributed by atoms with Crippen molar-refractivity contribution in [1.29, 1.82) is 0 Å². The van der Waals surface area contributed by atoms with Crippen molar-refractivity contribution in [1.82, 2.24) is 0 Å². The summed E-state index contributed by atoms with van der Waals surface area (Å²) in [5.74, 6) is 0. The van der Waals surface area contributed by atoms with Crippen LogP contribution in [0.4, 0.5) is 0 Å². The van der Waals surface area contributed by atoms with E-state index < -0.39 is 10.1 Å². The molecule has 0 unspecified atom stereocenters. The molecule has 0 heterocycles. The van der Waals surface area contributed by atoms with Crippen LogP contribution in [-0.2, 0) is 10.1 Å². The summed E-state index contributed by atoms with van der Waals surface area (Å²) in [6.07, 6.45) is 7.01. The fourth-order valence-electron chi connectivity index (χ4n) is 1.68. The van der Waals surface area contributed by atoms with Gasteiger partial charge in [-0.3, -0.25) is 4.55 Å².